The zero-order chi connectivity index (χ0) is 29.4. The van der Waals surface area contributed by atoms with Crippen LogP contribution in [0.1, 0.15) is 38.3 Å². The summed E-state index contributed by atoms with van der Waals surface area (Å²) in [7, 11) is 0. The van der Waals surface area contributed by atoms with Crippen molar-refractivity contribution in [3.05, 3.63) is 106 Å². The van der Waals surface area contributed by atoms with E-state index in [0.29, 0.717) is 33.9 Å². The number of carbonyl (C=O) groups excluding carboxylic acids is 3. The number of rotatable bonds is 11. The molecule has 12 nitrogen and oxygen atoms in total. The van der Waals surface area contributed by atoms with Gasteiger partial charge in [0.05, 0.1) is 11.3 Å². The third-order valence-corrected chi connectivity index (χ3v) is 6.20. The quantitative estimate of drug-likeness (QED) is 0.197. The number of hydrogen-bond donors (Lipinski definition) is 4. The smallest absolute Gasteiger partial charge is 0.335 e. The lowest BCUT2D eigenvalue weighted by Crippen LogP contribution is -2.43. The summed E-state index contributed by atoms with van der Waals surface area (Å²) in [6.45, 7) is 0. The fourth-order valence-corrected chi connectivity index (χ4v) is 4.09. The van der Waals surface area contributed by atoms with E-state index in [1.54, 1.807) is 42.5 Å². The number of nitrogens with zero attached hydrogens (tertiary/aromatic N) is 4. The number of nitrogens with one attached hydrogen (secondary N) is 2. The van der Waals surface area contributed by atoms with Gasteiger partial charge in [-0.05, 0) is 89.5 Å². The van der Waals surface area contributed by atoms with Crippen LogP contribution in [0, 0.1) is 0 Å². The molecule has 13 heteroatoms. The number of halogens is 1. The van der Waals surface area contributed by atoms with Gasteiger partial charge in [0.25, 0.3) is 0 Å². The molecule has 4 aromatic rings. The van der Waals surface area contributed by atoms with Crippen molar-refractivity contribution in [3.8, 4) is 5.69 Å². The first-order chi connectivity index (χ1) is 19.7. The van der Waals surface area contributed by atoms with Gasteiger partial charge in [-0.1, -0.05) is 23.7 Å². The minimum Gasteiger partial charge on any atom is -0.478 e. The van der Waals surface area contributed by atoms with E-state index in [1.807, 2.05) is 0 Å². The molecule has 1 atom stereocenters. The Balaban J connectivity index is 1.52. The topological polar surface area (TPSA) is 182 Å². The number of aromatic nitrogens is 4. The van der Waals surface area contributed by atoms with Gasteiger partial charge in [0.2, 0.25) is 17.7 Å². The van der Waals surface area contributed by atoms with Crippen LogP contribution in [0.4, 0.5) is 5.69 Å². The highest BCUT2D eigenvalue weighted by molar-refractivity contribution is 6.30. The highest BCUT2D eigenvalue weighted by Gasteiger charge is 2.21. The Labute approximate surface area is 238 Å². The minimum atomic E-state index is -1.10. The molecule has 1 aromatic heterocycles. The molecule has 0 unspecified atom stereocenters. The van der Waals surface area contributed by atoms with Gasteiger partial charge < -0.3 is 21.5 Å². The SMILES string of the molecule is NC(=O)c1cccc(CC[C@H](NC(=O)/C=C/c2cc(Cl)ccc2-n2cnnn2)C(=O)Nc2ccc(C(=O)O)cc2)c1. The number of carboxylic acids is 1. The molecular weight excluding hydrogens is 550 g/mol. The third kappa shape index (κ3) is 7.83. The Bertz CT molecular complexity index is 1600. The Hall–Kier alpha value is -5.36. The van der Waals surface area contributed by atoms with Crippen LogP contribution in [0.5, 0.6) is 0 Å². The van der Waals surface area contributed by atoms with Crippen LogP contribution in [0.2, 0.25) is 5.02 Å². The maximum atomic E-state index is 13.2. The summed E-state index contributed by atoms with van der Waals surface area (Å²) in [6, 6.07) is 16.3. The van der Waals surface area contributed by atoms with Crippen LogP contribution in [-0.2, 0) is 16.0 Å². The predicted octanol–water partition coefficient (Wildman–Crippen LogP) is 2.88. The number of nitrogens with two attached hydrogens (primary N) is 1. The molecule has 0 aliphatic heterocycles. The fourth-order valence-electron chi connectivity index (χ4n) is 3.91. The first-order valence-corrected chi connectivity index (χ1v) is 12.6. The van der Waals surface area contributed by atoms with Gasteiger partial charge in [0.1, 0.15) is 12.4 Å². The second kappa shape index (κ2) is 13.1. The number of aryl methyl sites for hydroxylation is 1. The summed E-state index contributed by atoms with van der Waals surface area (Å²) in [6.07, 6.45) is 4.72. The lowest BCUT2D eigenvalue weighted by atomic mass is 10.0. The van der Waals surface area contributed by atoms with Crippen LogP contribution in [-0.4, -0.2) is 55.0 Å². The average molecular weight is 574 g/mol. The first kappa shape index (κ1) is 28.6. The summed E-state index contributed by atoms with van der Waals surface area (Å²) in [5.74, 6) is -2.75. The molecule has 0 spiro atoms. The van der Waals surface area contributed by atoms with Crippen molar-refractivity contribution in [2.75, 3.05) is 5.32 Å². The van der Waals surface area contributed by atoms with Gasteiger partial charge in [-0.2, -0.15) is 4.68 Å². The molecule has 41 heavy (non-hydrogen) atoms. The Morgan fingerprint density at radius 2 is 1.80 bits per heavy atom. The van der Waals surface area contributed by atoms with Gasteiger partial charge in [-0.15, -0.1) is 5.10 Å². The third-order valence-electron chi connectivity index (χ3n) is 5.97. The van der Waals surface area contributed by atoms with Gasteiger partial charge in [0, 0.05) is 27.9 Å². The zero-order valence-corrected chi connectivity index (χ0v) is 22.2. The molecule has 4 rings (SSSR count). The van der Waals surface area contributed by atoms with Crippen molar-refractivity contribution >= 4 is 47.1 Å². The molecule has 0 fully saturated rings. The van der Waals surface area contributed by atoms with E-state index in [2.05, 4.69) is 26.2 Å². The molecule has 0 bridgehead atoms. The summed E-state index contributed by atoms with van der Waals surface area (Å²) < 4.78 is 1.42. The predicted molar refractivity (Wildman–Crippen MR) is 150 cm³/mol. The summed E-state index contributed by atoms with van der Waals surface area (Å²) >= 11 is 6.14. The van der Waals surface area contributed by atoms with E-state index in [4.69, 9.17) is 22.4 Å². The number of primary amides is 1. The van der Waals surface area contributed by atoms with Crippen LogP contribution >= 0.6 is 11.6 Å². The molecule has 0 aliphatic carbocycles. The van der Waals surface area contributed by atoms with E-state index in [0.717, 1.165) is 5.56 Å². The van der Waals surface area contributed by atoms with Gasteiger partial charge in [0.15, 0.2) is 0 Å². The number of carboxylic acid groups (broad SMARTS) is 1. The van der Waals surface area contributed by atoms with Crippen molar-refractivity contribution in [3.63, 3.8) is 0 Å². The minimum absolute atomic E-state index is 0.0642. The van der Waals surface area contributed by atoms with Crippen molar-refractivity contribution in [2.45, 2.75) is 18.9 Å². The number of anilines is 1. The maximum absolute atomic E-state index is 13.2. The van der Waals surface area contributed by atoms with Crippen LogP contribution in [0.15, 0.2) is 79.1 Å². The second-order valence-electron chi connectivity index (χ2n) is 8.83. The molecule has 1 heterocycles. The molecule has 3 amide bonds. The lowest BCUT2D eigenvalue weighted by Gasteiger charge is -2.18. The summed E-state index contributed by atoms with van der Waals surface area (Å²) in [4.78, 5) is 48.9. The van der Waals surface area contributed by atoms with E-state index < -0.39 is 29.7 Å². The number of aromatic carboxylic acids is 1. The van der Waals surface area contributed by atoms with E-state index >= 15 is 0 Å². The number of hydrogen-bond acceptors (Lipinski definition) is 7. The van der Waals surface area contributed by atoms with Crippen molar-refractivity contribution in [1.29, 1.82) is 0 Å². The number of tetrazole rings is 1. The zero-order valence-electron chi connectivity index (χ0n) is 21.4. The normalized spacial score (nSPS) is 11.6. The monoisotopic (exact) mass is 573 g/mol. The van der Waals surface area contributed by atoms with Crippen molar-refractivity contribution < 1.29 is 24.3 Å². The molecule has 0 radical (unpaired) electrons. The standard InChI is InChI=1S/C28H24ClN7O5/c29-21-8-12-24(36-16-31-34-35-36)19(15-21)7-13-25(37)33-23(11-4-17-2-1-3-20(14-17)26(30)38)27(39)32-22-9-5-18(6-10-22)28(40)41/h1-3,5-10,12-16,23H,4,11H2,(H2,30,38)(H,32,39)(H,33,37)(H,40,41)/b13-7+/t23-/m0/s1. The molecule has 0 saturated heterocycles. The van der Waals surface area contributed by atoms with Gasteiger partial charge in [-0.25, -0.2) is 4.79 Å². The fraction of sp³-hybridized carbons (Fsp3) is 0.107. The summed E-state index contributed by atoms with van der Waals surface area (Å²) in [5.41, 5.74) is 8.01. The molecule has 0 aliphatic rings. The largest absolute Gasteiger partial charge is 0.478 e. The van der Waals surface area contributed by atoms with Crippen LogP contribution in [0.3, 0.4) is 0 Å². The molecular formula is C28H24ClN7O5. The van der Waals surface area contributed by atoms with Crippen molar-refractivity contribution in [2.24, 2.45) is 5.73 Å². The average Bonchev–Trinajstić information content (AvgIpc) is 3.49. The molecule has 3 aromatic carbocycles. The van der Waals surface area contributed by atoms with E-state index in [1.165, 1.54) is 47.4 Å². The van der Waals surface area contributed by atoms with E-state index in [-0.39, 0.29) is 12.0 Å². The Morgan fingerprint density at radius 3 is 2.49 bits per heavy atom. The van der Waals surface area contributed by atoms with E-state index in [9.17, 15) is 19.2 Å². The van der Waals surface area contributed by atoms with Gasteiger partial charge >= 0.3 is 5.97 Å². The lowest BCUT2D eigenvalue weighted by molar-refractivity contribution is -0.123. The Kier molecular flexibility index (Phi) is 9.17. The number of benzene rings is 3. The second-order valence-corrected chi connectivity index (χ2v) is 9.26. The highest BCUT2D eigenvalue weighted by Crippen LogP contribution is 2.20. The highest BCUT2D eigenvalue weighted by atomic mass is 35.5. The Morgan fingerprint density at radius 1 is 1.02 bits per heavy atom. The van der Waals surface area contributed by atoms with Gasteiger partial charge in [-0.3, -0.25) is 14.4 Å². The number of amides is 3. The first-order valence-electron chi connectivity index (χ1n) is 12.2. The molecule has 208 valence electrons. The number of carbonyl (C=O) groups is 4. The summed E-state index contributed by atoms with van der Waals surface area (Å²) in [5, 5.41) is 26.1. The van der Waals surface area contributed by atoms with Crippen LogP contribution < -0.4 is 16.4 Å². The molecule has 0 saturated carbocycles. The van der Waals surface area contributed by atoms with Crippen molar-refractivity contribution in [1.82, 2.24) is 25.5 Å². The van der Waals surface area contributed by atoms with Crippen LogP contribution in [0.25, 0.3) is 11.8 Å². The maximum Gasteiger partial charge on any atom is 0.335 e. The molecule has 5 N–H and O–H groups in total.